The summed E-state index contributed by atoms with van der Waals surface area (Å²) >= 11 is 0. The molecule has 0 aliphatic heterocycles. The summed E-state index contributed by atoms with van der Waals surface area (Å²) in [6.45, 7) is 4.65. The van der Waals surface area contributed by atoms with Gasteiger partial charge in [-0.2, -0.15) is 0 Å². The molecule has 0 radical (unpaired) electrons. The maximum atomic E-state index is 3.85. The van der Waals surface area contributed by atoms with Gasteiger partial charge < -0.3 is 5.32 Å². The van der Waals surface area contributed by atoms with Gasteiger partial charge in [0.25, 0.3) is 0 Å². The number of nitrogens with one attached hydrogen (secondary N) is 1. The van der Waals surface area contributed by atoms with Crippen LogP contribution in [0.15, 0.2) is 0 Å². The summed E-state index contributed by atoms with van der Waals surface area (Å²) in [7, 11) is 0. The standard InChI is InChI=1S/C15H29N/c1-3-6-12(2)16-15-10-9-13-7-4-5-8-14(13)11-15/h12-16H,3-11H2,1-2H3. The van der Waals surface area contributed by atoms with Crippen molar-refractivity contribution in [1.29, 1.82) is 0 Å². The smallest absolute Gasteiger partial charge is 0.00723 e. The van der Waals surface area contributed by atoms with Gasteiger partial charge in [-0.25, -0.2) is 0 Å². The summed E-state index contributed by atoms with van der Waals surface area (Å²) in [4.78, 5) is 0. The fourth-order valence-electron chi connectivity index (χ4n) is 3.94. The molecular formula is C15H29N. The van der Waals surface area contributed by atoms with Crippen LogP contribution in [-0.2, 0) is 0 Å². The molecule has 0 aromatic carbocycles. The molecule has 1 heteroatoms. The Morgan fingerprint density at radius 1 is 1.06 bits per heavy atom. The van der Waals surface area contributed by atoms with E-state index in [0.29, 0.717) is 0 Å². The van der Waals surface area contributed by atoms with E-state index in [1.54, 1.807) is 0 Å². The highest BCUT2D eigenvalue weighted by atomic mass is 14.9. The van der Waals surface area contributed by atoms with Crippen LogP contribution < -0.4 is 5.32 Å². The molecule has 2 fully saturated rings. The SMILES string of the molecule is CCCC(C)NC1CCC2CCCCC2C1. The molecule has 2 aliphatic carbocycles. The van der Waals surface area contributed by atoms with E-state index >= 15 is 0 Å². The van der Waals surface area contributed by atoms with Crippen molar-refractivity contribution in [2.24, 2.45) is 11.8 Å². The van der Waals surface area contributed by atoms with E-state index in [1.807, 2.05) is 0 Å². The number of rotatable bonds is 4. The first-order valence-electron chi connectivity index (χ1n) is 7.55. The first-order valence-corrected chi connectivity index (χ1v) is 7.55. The Morgan fingerprint density at radius 2 is 1.81 bits per heavy atom. The van der Waals surface area contributed by atoms with Gasteiger partial charge in [0.05, 0.1) is 0 Å². The molecule has 0 spiro atoms. The molecule has 1 N–H and O–H groups in total. The monoisotopic (exact) mass is 223 g/mol. The fourth-order valence-corrected chi connectivity index (χ4v) is 3.94. The summed E-state index contributed by atoms with van der Waals surface area (Å²) < 4.78 is 0. The first-order chi connectivity index (χ1) is 7.79. The summed E-state index contributed by atoms with van der Waals surface area (Å²) in [6.07, 6.45) is 13.1. The summed E-state index contributed by atoms with van der Waals surface area (Å²) in [5, 5.41) is 3.85. The highest BCUT2D eigenvalue weighted by Crippen LogP contribution is 2.40. The van der Waals surface area contributed by atoms with Gasteiger partial charge in [-0.3, -0.25) is 0 Å². The van der Waals surface area contributed by atoms with Crippen LogP contribution in [-0.4, -0.2) is 12.1 Å². The topological polar surface area (TPSA) is 12.0 Å². The van der Waals surface area contributed by atoms with Gasteiger partial charge in [0, 0.05) is 12.1 Å². The Labute approximate surface area is 101 Å². The van der Waals surface area contributed by atoms with Crippen molar-refractivity contribution in [3.05, 3.63) is 0 Å². The second-order valence-corrected chi connectivity index (χ2v) is 6.17. The van der Waals surface area contributed by atoms with Gasteiger partial charge >= 0.3 is 0 Å². The molecule has 4 unspecified atom stereocenters. The number of hydrogen-bond acceptors (Lipinski definition) is 1. The van der Waals surface area contributed by atoms with E-state index in [4.69, 9.17) is 0 Å². The average Bonchev–Trinajstić information content (AvgIpc) is 2.29. The van der Waals surface area contributed by atoms with Gasteiger partial charge in [0.2, 0.25) is 0 Å². The molecule has 4 atom stereocenters. The molecule has 2 saturated carbocycles. The summed E-state index contributed by atoms with van der Waals surface area (Å²) in [6, 6.07) is 1.57. The zero-order chi connectivity index (χ0) is 11.4. The minimum absolute atomic E-state index is 0.732. The molecule has 0 aromatic rings. The van der Waals surface area contributed by atoms with Crippen molar-refractivity contribution >= 4 is 0 Å². The van der Waals surface area contributed by atoms with Crippen LogP contribution >= 0.6 is 0 Å². The number of hydrogen-bond donors (Lipinski definition) is 1. The van der Waals surface area contributed by atoms with Crippen LogP contribution in [0.3, 0.4) is 0 Å². The fraction of sp³-hybridized carbons (Fsp3) is 1.00. The third kappa shape index (κ3) is 3.23. The minimum atomic E-state index is 0.732. The van der Waals surface area contributed by atoms with Crippen LogP contribution in [0.5, 0.6) is 0 Å². The second kappa shape index (κ2) is 6.05. The van der Waals surface area contributed by atoms with Gasteiger partial charge in [0.15, 0.2) is 0 Å². The Bertz CT molecular complexity index is 202. The lowest BCUT2D eigenvalue weighted by atomic mass is 9.69. The molecular weight excluding hydrogens is 194 g/mol. The van der Waals surface area contributed by atoms with Crippen LogP contribution in [0, 0.1) is 11.8 Å². The highest BCUT2D eigenvalue weighted by molar-refractivity contribution is 4.87. The van der Waals surface area contributed by atoms with E-state index in [2.05, 4.69) is 19.2 Å². The molecule has 94 valence electrons. The average molecular weight is 223 g/mol. The van der Waals surface area contributed by atoms with Crippen molar-refractivity contribution in [1.82, 2.24) is 5.32 Å². The molecule has 0 amide bonds. The lowest BCUT2D eigenvalue weighted by molar-refractivity contribution is 0.139. The van der Waals surface area contributed by atoms with E-state index in [1.165, 1.54) is 57.8 Å². The predicted molar refractivity (Wildman–Crippen MR) is 70.6 cm³/mol. The number of fused-ring (bicyclic) bond motifs is 1. The molecule has 2 aliphatic rings. The molecule has 1 nitrogen and oxygen atoms in total. The van der Waals surface area contributed by atoms with Gasteiger partial charge in [-0.15, -0.1) is 0 Å². The van der Waals surface area contributed by atoms with Crippen molar-refractivity contribution in [3.63, 3.8) is 0 Å². The van der Waals surface area contributed by atoms with Crippen molar-refractivity contribution in [3.8, 4) is 0 Å². The van der Waals surface area contributed by atoms with Gasteiger partial charge in [-0.05, 0) is 44.4 Å². The maximum Gasteiger partial charge on any atom is 0.00723 e. The minimum Gasteiger partial charge on any atom is -0.311 e. The molecule has 0 bridgehead atoms. The molecule has 0 aromatic heterocycles. The Balaban J connectivity index is 1.76. The van der Waals surface area contributed by atoms with Crippen molar-refractivity contribution < 1.29 is 0 Å². The largest absolute Gasteiger partial charge is 0.311 e. The Hall–Kier alpha value is -0.0400. The highest BCUT2D eigenvalue weighted by Gasteiger charge is 2.32. The molecule has 0 saturated heterocycles. The van der Waals surface area contributed by atoms with Crippen molar-refractivity contribution in [2.75, 3.05) is 0 Å². The van der Waals surface area contributed by atoms with Crippen LogP contribution in [0.2, 0.25) is 0 Å². The zero-order valence-electron chi connectivity index (χ0n) is 11.2. The van der Waals surface area contributed by atoms with Crippen LogP contribution in [0.4, 0.5) is 0 Å². The zero-order valence-corrected chi connectivity index (χ0v) is 11.2. The molecule has 2 rings (SSSR count). The normalized spacial score (nSPS) is 36.8. The van der Waals surface area contributed by atoms with E-state index in [0.717, 1.165) is 23.9 Å². The second-order valence-electron chi connectivity index (χ2n) is 6.17. The lowest BCUT2D eigenvalue weighted by Gasteiger charge is -2.40. The molecule has 0 heterocycles. The third-order valence-corrected chi connectivity index (χ3v) is 4.78. The van der Waals surface area contributed by atoms with Crippen LogP contribution in [0.1, 0.15) is 71.6 Å². The van der Waals surface area contributed by atoms with Gasteiger partial charge in [0.1, 0.15) is 0 Å². The summed E-state index contributed by atoms with van der Waals surface area (Å²) in [5.74, 6) is 2.15. The van der Waals surface area contributed by atoms with Crippen molar-refractivity contribution in [2.45, 2.75) is 83.7 Å². The van der Waals surface area contributed by atoms with E-state index in [-0.39, 0.29) is 0 Å². The van der Waals surface area contributed by atoms with Gasteiger partial charge in [-0.1, -0.05) is 39.0 Å². The van der Waals surface area contributed by atoms with Crippen LogP contribution in [0.25, 0.3) is 0 Å². The van der Waals surface area contributed by atoms with E-state index < -0.39 is 0 Å². The third-order valence-electron chi connectivity index (χ3n) is 4.78. The molecule has 16 heavy (non-hydrogen) atoms. The Morgan fingerprint density at radius 3 is 2.56 bits per heavy atom. The Kier molecular flexibility index (Phi) is 4.69. The lowest BCUT2D eigenvalue weighted by Crippen LogP contribution is -2.42. The predicted octanol–water partition coefficient (Wildman–Crippen LogP) is 4.12. The van der Waals surface area contributed by atoms with E-state index in [9.17, 15) is 0 Å². The first kappa shape index (κ1) is 12.4. The maximum absolute atomic E-state index is 3.85. The quantitative estimate of drug-likeness (QED) is 0.756. The summed E-state index contributed by atoms with van der Waals surface area (Å²) in [5.41, 5.74) is 0.